The van der Waals surface area contributed by atoms with Crippen molar-refractivity contribution in [1.82, 2.24) is 5.32 Å². The van der Waals surface area contributed by atoms with Gasteiger partial charge < -0.3 is 24.8 Å². The highest BCUT2D eigenvalue weighted by Gasteiger charge is 2.33. The molecule has 0 spiro atoms. The molecule has 0 saturated heterocycles. The SMILES string of the molecule is CCNC(=NCC1(CCOC)CCCC1)Nc1ccc(OCC)c(OC)c1.I. The van der Waals surface area contributed by atoms with Crippen molar-refractivity contribution < 1.29 is 14.2 Å². The number of ether oxygens (including phenoxy) is 3. The topological polar surface area (TPSA) is 64.1 Å². The number of aliphatic imine (C=N–C) groups is 1. The Kier molecular flexibility index (Phi) is 11.6. The Hall–Kier alpha value is -1.22. The maximum Gasteiger partial charge on any atom is 0.195 e. The average Bonchev–Trinajstić information content (AvgIpc) is 3.15. The molecule has 2 N–H and O–H groups in total. The standard InChI is InChI=1S/C21H35N3O3.HI/c1-5-22-20(23-16-21(13-14-25-3)11-7-8-12-21)24-17-9-10-18(27-6-2)19(15-17)26-4;/h9-10,15H,5-8,11-14,16H2,1-4H3,(H2,22,23,24);1H. The molecule has 0 unspecified atom stereocenters. The van der Waals surface area contributed by atoms with Gasteiger partial charge in [0.1, 0.15) is 0 Å². The maximum absolute atomic E-state index is 5.59. The first-order chi connectivity index (χ1) is 13.2. The van der Waals surface area contributed by atoms with Gasteiger partial charge in [-0.05, 0) is 50.7 Å². The fourth-order valence-corrected chi connectivity index (χ4v) is 3.64. The summed E-state index contributed by atoms with van der Waals surface area (Å²) >= 11 is 0. The van der Waals surface area contributed by atoms with Gasteiger partial charge in [-0.3, -0.25) is 4.99 Å². The van der Waals surface area contributed by atoms with Crippen molar-refractivity contribution in [3.8, 4) is 11.5 Å². The minimum absolute atomic E-state index is 0. The number of hydrogen-bond acceptors (Lipinski definition) is 4. The lowest BCUT2D eigenvalue weighted by Crippen LogP contribution is -2.33. The van der Waals surface area contributed by atoms with Crippen LogP contribution in [0.4, 0.5) is 5.69 Å². The van der Waals surface area contributed by atoms with Crippen LogP contribution in [0.15, 0.2) is 23.2 Å². The van der Waals surface area contributed by atoms with Gasteiger partial charge in [-0.1, -0.05) is 12.8 Å². The van der Waals surface area contributed by atoms with E-state index in [0.717, 1.165) is 43.5 Å². The number of nitrogens with one attached hydrogen (secondary N) is 2. The van der Waals surface area contributed by atoms with Gasteiger partial charge >= 0.3 is 0 Å². The van der Waals surface area contributed by atoms with E-state index in [2.05, 4.69) is 17.6 Å². The summed E-state index contributed by atoms with van der Waals surface area (Å²) in [6.07, 6.45) is 6.12. The van der Waals surface area contributed by atoms with Crippen LogP contribution in [0.1, 0.15) is 46.0 Å². The zero-order valence-corrected chi connectivity index (χ0v) is 20.0. The summed E-state index contributed by atoms with van der Waals surface area (Å²) < 4.78 is 16.4. The second kappa shape index (κ2) is 13.1. The minimum Gasteiger partial charge on any atom is -0.493 e. The van der Waals surface area contributed by atoms with Crippen molar-refractivity contribution in [2.75, 3.05) is 45.8 Å². The van der Waals surface area contributed by atoms with E-state index in [0.29, 0.717) is 12.4 Å². The van der Waals surface area contributed by atoms with Gasteiger partial charge in [0.15, 0.2) is 17.5 Å². The fraction of sp³-hybridized carbons (Fsp3) is 0.667. The van der Waals surface area contributed by atoms with Crippen LogP contribution in [0.3, 0.4) is 0 Å². The largest absolute Gasteiger partial charge is 0.493 e. The predicted octanol–water partition coefficient (Wildman–Crippen LogP) is 4.69. The summed E-state index contributed by atoms with van der Waals surface area (Å²) in [6.45, 7) is 7.08. The average molecular weight is 505 g/mol. The van der Waals surface area contributed by atoms with Crippen LogP contribution >= 0.6 is 24.0 Å². The number of anilines is 1. The molecular weight excluding hydrogens is 469 g/mol. The van der Waals surface area contributed by atoms with Crippen molar-refractivity contribution in [2.24, 2.45) is 10.4 Å². The first-order valence-corrected chi connectivity index (χ1v) is 10.0. The van der Waals surface area contributed by atoms with Gasteiger partial charge in [-0.15, -0.1) is 24.0 Å². The van der Waals surface area contributed by atoms with Crippen LogP contribution in [-0.2, 0) is 4.74 Å². The molecule has 0 aliphatic heterocycles. The summed E-state index contributed by atoms with van der Waals surface area (Å²) in [5.41, 5.74) is 1.20. The Bertz CT molecular complexity index is 605. The van der Waals surface area contributed by atoms with E-state index >= 15 is 0 Å². The summed E-state index contributed by atoms with van der Waals surface area (Å²) in [5, 5.41) is 6.73. The molecule has 0 aromatic heterocycles. The first-order valence-electron chi connectivity index (χ1n) is 10.0. The second-order valence-electron chi connectivity index (χ2n) is 7.07. The van der Waals surface area contributed by atoms with Gasteiger partial charge in [-0.2, -0.15) is 0 Å². The molecule has 6 nitrogen and oxygen atoms in total. The Labute approximate surface area is 186 Å². The van der Waals surface area contributed by atoms with Crippen LogP contribution in [0.5, 0.6) is 11.5 Å². The molecule has 0 heterocycles. The summed E-state index contributed by atoms with van der Waals surface area (Å²) in [7, 11) is 3.43. The molecule has 1 aliphatic carbocycles. The Morgan fingerprint density at radius 2 is 1.89 bits per heavy atom. The highest BCUT2D eigenvalue weighted by molar-refractivity contribution is 14.0. The quantitative estimate of drug-likeness (QED) is 0.275. The highest BCUT2D eigenvalue weighted by atomic mass is 127. The molecule has 1 aliphatic rings. The molecule has 1 aromatic carbocycles. The number of rotatable bonds is 10. The summed E-state index contributed by atoms with van der Waals surface area (Å²) in [4.78, 5) is 4.90. The molecule has 28 heavy (non-hydrogen) atoms. The summed E-state index contributed by atoms with van der Waals surface area (Å²) in [6, 6.07) is 5.84. The monoisotopic (exact) mass is 505 g/mol. The number of nitrogens with zero attached hydrogens (tertiary/aromatic N) is 1. The zero-order valence-electron chi connectivity index (χ0n) is 17.7. The Morgan fingerprint density at radius 3 is 2.50 bits per heavy atom. The highest BCUT2D eigenvalue weighted by Crippen LogP contribution is 2.41. The molecule has 1 aromatic rings. The zero-order chi connectivity index (χ0) is 19.5. The molecule has 0 amide bonds. The van der Waals surface area contributed by atoms with Crippen molar-refractivity contribution in [3.63, 3.8) is 0 Å². The minimum atomic E-state index is 0. The molecule has 1 fully saturated rings. The lowest BCUT2D eigenvalue weighted by Gasteiger charge is -2.27. The molecular formula is C21H36IN3O3. The molecule has 0 bridgehead atoms. The van der Waals surface area contributed by atoms with Crippen molar-refractivity contribution >= 4 is 35.6 Å². The maximum atomic E-state index is 5.59. The van der Waals surface area contributed by atoms with Gasteiger partial charge in [0.2, 0.25) is 0 Å². The van der Waals surface area contributed by atoms with Crippen LogP contribution in [0.2, 0.25) is 0 Å². The Balaban J connectivity index is 0.00000392. The van der Waals surface area contributed by atoms with E-state index in [-0.39, 0.29) is 29.4 Å². The van der Waals surface area contributed by atoms with Crippen LogP contribution < -0.4 is 20.1 Å². The van der Waals surface area contributed by atoms with Gasteiger partial charge in [0.05, 0.1) is 13.7 Å². The van der Waals surface area contributed by atoms with E-state index in [4.69, 9.17) is 19.2 Å². The predicted molar refractivity (Wildman–Crippen MR) is 127 cm³/mol. The number of methoxy groups -OCH3 is 2. The van der Waals surface area contributed by atoms with E-state index in [1.165, 1.54) is 25.7 Å². The van der Waals surface area contributed by atoms with E-state index < -0.39 is 0 Å². The lowest BCUT2D eigenvalue weighted by molar-refractivity contribution is 0.141. The number of halogens is 1. The number of benzene rings is 1. The summed E-state index contributed by atoms with van der Waals surface area (Å²) in [5.74, 6) is 2.26. The van der Waals surface area contributed by atoms with Gasteiger partial charge in [-0.25, -0.2) is 0 Å². The molecule has 160 valence electrons. The normalized spacial score (nSPS) is 15.6. The third kappa shape index (κ3) is 7.31. The Morgan fingerprint density at radius 1 is 1.14 bits per heavy atom. The van der Waals surface area contributed by atoms with E-state index in [1.54, 1.807) is 14.2 Å². The molecule has 7 heteroatoms. The molecule has 1 saturated carbocycles. The molecule has 0 radical (unpaired) electrons. The number of guanidine groups is 1. The third-order valence-corrected chi connectivity index (χ3v) is 5.14. The number of hydrogen-bond donors (Lipinski definition) is 2. The third-order valence-electron chi connectivity index (χ3n) is 5.14. The fourth-order valence-electron chi connectivity index (χ4n) is 3.64. The van der Waals surface area contributed by atoms with Gasteiger partial charge in [0, 0.05) is 38.6 Å². The second-order valence-corrected chi connectivity index (χ2v) is 7.07. The van der Waals surface area contributed by atoms with Crippen LogP contribution in [0, 0.1) is 5.41 Å². The van der Waals surface area contributed by atoms with Crippen molar-refractivity contribution in [1.29, 1.82) is 0 Å². The van der Waals surface area contributed by atoms with E-state index in [9.17, 15) is 0 Å². The van der Waals surface area contributed by atoms with Crippen molar-refractivity contribution in [3.05, 3.63) is 18.2 Å². The van der Waals surface area contributed by atoms with Crippen LogP contribution in [-0.4, -0.2) is 46.5 Å². The first kappa shape index (κ1) is 24.8. The van der Waals surface area contributed by atoms with Crippen LogP contribution in [0.25, 0.3) is 0 Å². The molecule has 0 atom stereocenters. The lowest BCUT2D eigenvalue weighted by atomic mass is 9.83. The molecule has 2 rings (SSSR count). The van der Waals surface area contributed by atoms with Gasteiger partial charge in [0.25, 0.3) is 0 Å². The smallest absolute Gasteiger partial charge is 0.195 e. The van der Waals surface area contributed by atoms with E-state index in [1.807, 2.05) is 25.1 Å². The van der Waals surface area contributed by atoms with Crippen molar-refractivity contribution in [2.45, 2.75) is 46.0 Å².